The average Bonchev–Trinajstić information content (AvgIpc) is 3.31. The number of thioether (sulfide) groups is 1. The van der Waals surface area contributed by atoms with E-state index in [9.17, 15) is 23.6 Å². The van der Waals surface area contributed by atoms with E-state index in [-0.39, 0.29) is 26.9 Å². The molecule has 3 amide bonds. The minimum absolute atomic E-state index is 0.0779. The molecular weight excluding hydrogens is 577 g/mol. The van der Waals surface area contributed by atoms with Gasteiger partial charge < -0.3 is 20.7 Å². The Kier molecular flexibility index (Phi) is 10.1. The van der Waals surface area contributed by atoms with Gasteiger partial charge in [0.05, 0.1) is 28.4 Å². The van der Waals surface area contributed by atoms with Crippen molar-refractivity contribution < 1.29 is 28.3 Å². The number of hydrogen-bond donors (Lipinski definition) is 3. The molecule has 8 nitrogen and oxygen atoms in total. The molecule has 0 saturated carbocycles. The fourth-order valence-corrected chi connectivity index (χ4v) is 6.15. The number of methoxy groups -OCH3 is 1. The smallest absolute Gasteiger partial charge is 0.341 e. The van der Waals surface area contributed by atoms with E-state index in [1.807, 2.05) is 13.0 Å². The molecule has 0 fully saturated rings. The van der Waals surface area contributed by atoms with E-state index in [0.29, 0.717) is 28.3 Å². The van der Waals surface area contributed by atoms with Crippen LogP contribution in [0.3, 0.4) is 0 Å². The number of anilines is 3. The van der Waals surface area contributed by atoms with E-state index < -0.39 is 28.9 Å². The zero-order valence-corrected chi connectivity index (χ0v) is 24.7. The number of thiophene rings is 1. The molecule has 0 aliphatic rings. The number of carbonyl (C=O) groups excluding carboxylic acids is 4. The minimum atomic E-state index is -0.670. The highest BCUT2D eigenvalue weighted by Gasteiger charge is 2.28. The van der Waals surface area contributed by atoms with Gasteiger partial charge in [-0.3, -0.25) is 14.4 Å². The van der Waals surface area contributed by atoms with Crippen LogP contribution >= 0.6 is 23.1 Å². The first-order chi connectivity index (χ1) is 20.2. The van der Waals surface area contributed by atoms with E-state index in [4.69, 9.17) is 4.74 Å². The summed E-state index contributed by atoms with van der Waals surface area (Å²) in [6, 6.07) is 21.5. The van der Waals surface area contributed by atoms with Crippen LogP contribution in [0.15, 0.2) is 83.8 Å². The van der Waals surface area contributed by atoms with E-state index >= 15 is 0 Å². The van der Waals surface area contributed by atoms with Gasteiger partial charge in [-0.15, -0.1) is 23.1 Å². The molecule has 216 valence electrons. The molecule has 4 aromatic rings. The first-order valence-corrected chi connectivity index (χ1v) is 14.6. The summed E-state index contributed by atoms with van der Waals surface area (Å²) in [5.41, 5.74) is 1.47. The Bertz CT molecular complexity index is 1620. The van der Waals surface area contributed by atoms with E-state index in [2.05, 4.69) is 16.0 Å². The van der Waals surface area contributed by atoms with Crippen molar-refractivity contribution in [2.45, 2.75) is 30.4 Å². The minimum Gasteiger partial charge on any atom is -0.465 e. The highest BCUT2D eigenvalue weighted by atomic mass is 32.2. The quantitative estimate of drug-likeness (QED) is 0.133. The molecule has 0 aliphatic carbocycles. The Hall–Kier alpha value is -4.48. The maximum atomic E-state index is 14.0. The normalized spacial score (nSPS) is 11.3. The fraction of sp³-hybridized carbons (Fsp3) is 0.161. The zero-order valence-electron chi connectivity index (χ0n) is 23.0. The Morgan fingerprint density at radius 1 is 0.881 bits per heavy atom. The van der Waals surface area contributed by atoms with Gasteiger partial charge in [-0.2, -0.15) is 0 Å². The van der Waals surface area contributed by atoms with Crippen molar-refractivity contribution >= 4 is 63.2 Å². The first kappa shape index (κ1) is 30.5. The second-order valence-electron chi connectivity index (χ2n) is 9.04. The lowest BCUT2D eigenvalue weighted by atomic mass is 10.1. The molecule has 0 radical (unpaired) electrons. The molecule has 1 aromatic heterocycles. The van der Waals surface area contributed by atoms with Crippen molar-refractivity contribution in [1.29, 1.82) is 0 Å². The van der Waals surface area contributed by atoms with Crippen molar-refractivity contribution in [3.8, 4) is 0 Å². The van der Waals surface area contributed by atoms with Crippen LogP contribution in [0.1, 0.15) is 49.3 Å². The summed E-state index contributed by atoms with van der Waals surface area (Å²) in [5.74, 6) is -2.67. The maximum Gasteiger partial charge on any atom is 0.341 e. The lowest BCUT2D eigenvalue weighted by Gasteiger charge is -2.15. The van der Waals surface area contributed by atoms with Crippen LogP contribution in [0.25, 0.3) is 0 Å². The molecular formula is C31H28FN3O5S2. The van der Waals surface area contributed by atoms with Gasteiger partial charge in [-0.05, 0) is 61.4 Å². The zero-order chi connectivity index (χ0) is 30.2. The molecule has 1 heterocycles. The molecule has 11 heteroatoms. The van der Waals surface area contributed by atoms with Crippen molar-refractivity contribution in [2.75, 3.05) is 23.1 Å². The lowest BCUT2D eigenvalue weighted by Crippen LogP contribution is -2.25. The highest BCUT2D eigenvalue weighted by molar-refractivity contribution is 8.00. The SMILES string of the molecule is CCC(Sc1cccc(NC(=O)c2ccccc2F)c1)C(=O)Nc1sc(C(=O)Nc2ccccc2)c(C)c1C(=O)OC. The number of carbonyl (C=O) groups is 4. The van der Waals surface area contributed by atoms with Crippen molar-refractivity contribution in [3.63, 3.8) is 0 Å². The van der Waals surface area contributed by atoms with Crippen LogP contribution in [0.2, 0.25) is 0 Å². The molecule has 1 atom stereocenters. The second-order valence-corrected chi connectivity index (χ2v) is 11.3. The second kappa shape index (κ2) is 13.9. The van der Waals surface area contributed by atoms with Gasteiger partial charge in [0.15, 0.2) is 0 Å². The third-order valence-corrected chi connectivity index (χ3v) is 8.73. The molecule has 1 unspecified atom stereocenters. The van der Waals surface area contributed by atoms with Gasteiger partial charge in [0, 0.05) is 16.3 Å². The van der Waals surface area contributed by atoms with Gasteiger partial charge in [0.25, 0.3) is 11.8 Å². The Balaban J connectivity index is 1.50. The van der Waals surface area contributed by atoms with E-state index in [1.165, 1.54) is 37.1 Å². The van der Waals surface area contributed by atoms with Crippen LogP contribution in [0.5, 0.6) is 0 Å². The summed E-state index contributed by atoms with van der Waals surface area (Å²) in [5, 5.41) is 7.94. The first-order valence-electron chi connectivity index (χ1n) is 12.9. The predicted molar refractivity (Wildman–Crippen MR) is 164 cm³/mol. The van der Waals surface area contributed by atoms with Crippen molar-refractivity contribution in [2.24, 2.45) is 0 Å². The number of ether oxygens (including phenoxy) is 1. The number of esters is 1. The van der Waals surface area contributed by atoms with Crippen molar-refractivity contribution in [3.05, 3.63) is 106 Å². The van der Waals surface area contributed by atoms with Crippen LogP contribution in [-0.2, 0) is 9.53 Å². The Labute approximate surface area is 250 Å². The molecule has 0 aliphatic heterocycles. The number of amides is 3. The van der Waals surface area contributed by atoms with Crippen LogP contribution in [-0.4, -0.2) is 36.1 Å². The number of para-hydroxylation sites is 1. The van der Waals surface area contributed by atoms with Crippen LogP contribution < -0.4 is 16.0 Å². The Morgan fingerprint density at radius 2 is 1.55 bits per heavy atom. The molecule has 4 rings (SSSR count). The molecule has 0 bridgehead atoms. The van der Waals surface area contributed by atoms with Crippen LogP contribution in [0.4, 0.5) is 20.8 Å². The summed E-state index contributed by atoms with van der Waals surface area (Å²) >= 11 is 2.26. The fourth-order valence-electron chi connectivity index (χ4n) is 4.05. The summed E-state index contributed by atoms with van der Waals surface area (Å²) in [4.78, 5) is 52.6. The standard InChI is InChI=1S/C31H28FN3O5S2/c1-4-24(41-21-14-10-13-20(17-21)34-27(36)22-15-8-9-16-23(22)32)28(37)35-30-25(31(39)40-3)18(2)26(42-30)29(38)33-19-11-6-5-7-12-19/h5-17,24H,4H2,1-3H3,(H,33,38)(H,34,36)(H,35,37). The summed E-state index contributed by atoms with van der Waals surface area (Å²) in [6.45, 7) is 3.48. The van der Waals surface area contributed by atoms with Gasteiger partial charge in [-0.25, -0.2) is 9.18 Å². The molecule has 42 heavy (non-hydrogen) atoms. The van der Waals surface area contributed by atoms with Gasteiger partial charge in [0.1, 0.15) is 10.8 Å². The number of nitrogens with one attached hydrogen (secondary N) is 3. The van der Waals surface area contributed by atoms with Crippen LogP contribution in [0, 0.1) is 12.7 Å². The summed E-state index contributed by atoms with van der Waals surface area (Å²) in [7, 11) is 1.23. The third-order valence-electron chi connectivity index (χ3n) is 6.16. The number of halogens is 1. The van der Waals surface area contributed by atoms with Gasteiger partial charge >= 0.3 is 5.97 Å². The largest absolute Gasteiger partial charge is 0.465 e. The van der Waals surface area contributed by atoms with Gasteiger partial charge in [-0.1, -0.05) is 43.3 Å². The number of benzene rings is 3. The predicted octanol–water partition coefficient (Wildman–Crippen LogP) is 7.00. The lowest BCUT2D eigenvalue weighted by molar-refractivity contribution is -0.115. The molecule has 3 aromatic carbocycles. The summed E-state index contributed by atoms with van der Waals surface area (Å²) in [6.07, 6.45) is 0.446. The number of hydrogen-bond acceptors (Lipinski definition) is 7. The Morgan fingerprint density at radius 3 is 2.24 bits per heavy atom. The van der Waals surface area contributed by atoms with E-state index in [1.54, 1.807) is 61.5 Å². The maximum absolute atomic E-state index is 14.0. The van der Waals surface area contributed by atoms with E-state index in [0.717, 1.165) is 11.3 Å². The van der Waals surface area contributed by atoms with Crippen molar-refractivity contribution in [1.82, 2.24) is 0 Å². The van der Waals surface area contributed by atoms with Gasteiger partial charge in [0.2, 0.25) is 5.91 Å². The average molecular weight is 606 g/mol. The number of rotatable bonds is 10. The third kappa shape index (κ3) is 7.23. The monoisotopic (exact) mass is 605 g/mol. The highest BCUT2D eigenvalue weighted by Crippen LogP contribution is 2.36. The summed E-state index contributed by atoms with van der Waals surface area (Å²) < 4.78 is 19.0. The molecule has 3 N–H and O–H groups in total. The topological polar surface area (TPSA) is 114 Å². The molecule has 0 saturated heterocycles. The molecule has 0 spiro atoms.